The Hall–Kier alpha value is -3.89. The highest BCUT2D eigenvalue weighted by Crippen LogP contribution is 2.37. The largest absolute Gasteiger partial charge is 0.493 e. The second kappa shape index (κ2) is 7.56. The van der Waals surface area contributed by atoms with Crippen molar-refractivity contribution in [3.05, 3.63) is 56.1 Å². The van der Waals surface area contributed by atoms with Gasteiger partial charge in [-0.05, 0) is 19.1 Å². The van der Waals surface area contributed by atoms with Crippen LogP contribution in [0.2, 0.25) is 0 Å². The number of rotatable bonds is 7. The lowest BCUT2D eigenvalue weighted by Gasteiger charge is -2.08. The molecule has 1 N–H and O–H groups in total. The molecule has 0 aromatic heterocycles. The van der Waals surface area contributed by atoms with Gasteiger partial charge in [0.25, 0.3) is 5.69 Å². The van der Waals surface area contributed by atoms with E-state index in [2.05, 4.69) is 10.5 Å². The maximum Gasteiger partial charge on any atom is 0.301 e. The number of ether oxygens (including phenoxy) is 3. The fourth-order valence-corrected chi connectivity index (χ4v) is 2.37. The summed E-state index contributed by atoms with van der Waals surface area (Å²) in [5.41, 5.74) is 2.26. The van der Waals surface area contributed by atoms with E-state index in [-0.39, 0.29) is 18.2 Å². The molecule has 1 aliphatic rings. The van der Waals surface area contributed by atoms with Gasteiger partial charge in [-0.3, -0.25) is 25.7 Å². The summed E-state index contributed by atoms with van der Waals surface area (Å²) in [5, 5.41) is 25.9. The predicted molar refractivity (Wildman–Crippen MR) is 94.7 cm³/mol. The van der Waals surface area contributed by atoms with Gasteiger partial charge >= 0.3 is 5.69 Å². The first kappa shape index (κ1) is 17.9. The van der Waals surface area contributed by atoms with E-state index in [1.54, 1.807) is 12.1 Å². The molecular weight excluding hydrogens is 360 g/mol. The summed E-state index contributed by atoms with van der Waals surface area (Å²) in [5.74, 6) is 1.58. The number of anilines is 1. The highest BCUT2D eigenvalue weighted by atomic mass is 16.7. The molecule has 0 fully saturated rings. The number of hydrogen-bond donors (Lipinski definition) is 1. The normalized spacial score (nSPS) is 12.2. The Labute approximate surface area is 152 Å². The molecule has 0 spiro atoms. The molecule has 0 aliphatic carbocycles. The van der Waals surface area contributed by atoms with Crippen LogP contribution in [0.4, 0.5) is 17.1 Å². The van der Waals surface area contributed by atoms with Crippen LogP contribution in [0, 0.1) is 20.2 Å². The van der Waals surface area contributed by atoms with Crippen molar-refractivity contribution >= 4 is 23.3 Å². The maximum absolute atomic E-state index is 11.1. The number of nitrogens with zero attached hydrogens (tertiary/aromatic N) is 3. The van der Waals surface area contributed by atoms with Crippen LogP contribution in [0.1, 0.15) is 12.5 Å². The summed E-state index contributed by atoms with van der Waals surface area (Å²) < 4.78 is 16.1. The van der Waals surface area contributed by atoms with E-state index in [0.29, 0.717) is 29.4 Å². The summed E-state index contributed by atoms with van der Waals surface area (Å²) in [6, 6.07) is 6.57. The molecular formula is C16H14N4O7. The number of hydrogen-bond acceptors (Lipinski definition) is 9. The first-order valence-corrected chi connectivity index (χ1v) is 7.78. The van der Waals surface area contributed by atoms with Crippen LogP contribution in [0.25, 0.3) is 0 Å². The number of nitro groups is 2. The SMILES string of the molecule is CCOc1cc2c(cc1/C=N/Nc1ccc([N+](=O)[O-])cc1[N+](=O)[O-])OCO2. The first-order chi connectivity index (χ1) is 13.0. The van der Waals surface area contributed by atoms with Crippen LogP contribution in [-0.4, -0.2) is 29.5 Å². The van der Waals surface area contributed by atoms with Crippen molar-refractivity contribution in [3.8, 4) is 17.2 Å². The van der Waals surface area contributed by atoms with E-state index in [1.807, 2.05) is 6.92 Å². The summed E-state index contributed by atoms with van der Waals surface area (Å²) in [4.78, 5) is 20.5. The van der Waals surface area contributed by atoms with Gasteiger partial charge < -0.3 is 14.2 Å². The van der Waals surface area contributed by atoms with Gasteiger partial charge in [-0.15, -0.1) is 0 Å². The highest BCUT2D eigenvalue weighted by molar-refractivity contribution is 5.86. The van der Waals surface area contributed by atoms with Gasteiger partial charge in [0, 0.05) is 17.7 Å². The molecule has 11 heteroatoms. The van der Waals surface area contributed by atoms with Crippen LogP contribution in [0.5, 0.6) is 17.2 Å². The number of nitro benzene ring substituents is 2. The molecule has 2 aromatic rings. The van der Waals surface area contributed by atoms with Crippen molar-refractivity contribution in [2.75, 3.05) is 18.8 Å². The second-order valence-corrected chi connectivity index (χ2v) is 5.26. The van der Waals surface area contributed by atoms with E-state index in [0.717, 1.165) is 12.1 Å². The zero-order valence-corrected chi connectivity index (χ0v) is 14.1. The molecule has 1 heterocycles. The van der Waals surface area contributed by atoms with Crippen LogP contribution >= 0.6 is 0 Å². The third-order valence-corrected chi connectivity index (χ3v) is 3.58. The minimum absolute atomic E-state index is 0.0144. The fraction of sp³-hybridized carbons (Fsp3) is 0.188. The lowest BCUT2D eigenvalue weighted by Crippen LogP contribution is -2.00. The van der Waals surface area contributed by atoms with Crippen molar-refractivity contribution in [1.29, 1.82) is 0 Å². The topological polar surface area (TPSA) is 138 Å². The quantitative estimate of drug-likeness (QED) is 0.443. The fourth-order valence-electron chi connectivity index (χ4n) is 2.37. The van der Waals surface area contributed by atoms with Gasteiger partial charge in [-0.1, -0.05) is 0 Å². The van der Waals surface area contributed by atoms with Gasteiger partial charge in [0.05, 0.1) is 28.7 Å². The lowest BCUT2D eigenvalue weighted by atomic mass is 10.2. The lowest BCUT2D eigenvalue weighted by molar-refractivity contribution is -0.393. The Kier molecular flexibility index (Phi) is 5.01. The van der Waals surface area contributed by atoms with Crippen LogP contribution < -0.4 is 19.6 Å². The number of hydrazone groups is 1. The van der Waals surface area contributed by atoms with Crippen molar-refractivity contribution in [1.82, 2.24) is 0 Å². The number of fused-ring (bicyclic) bond motifs is 1. The molecule has 0 saturated carbocycles. The molecule has 2 aromatic carbocycles. The molecule has 0 atom stereocenters. The van der Waals surface area contributed by atoms with Gasteiger partial charge in [0.1, 0.15) is 11.4 Å². The van der Waals surface area contributed by atoms with Gasteiger partial charge in [0.2, 0.25) is 6.79 Å². The van der Waals surface area contributed by atoms with E-state index in [1.165, 1.54) is 12.3 Å². The van der Waals surface area contributed by atoms with Crippen molar-refractivity contribution < 1.29 is 24.1 Å². The van der Waals surface area contributed by atoms with Gasteiger partial charge in [-0.25, -0.2) is 0 Å². The zero-order chi connectivity index (χ0) is 19.4. The Morgan fingerprint density at radius 3 is 2.59 bits per heavy atom. The van der Waals surface area contributed by atoms with E-state index in [9.17, 15) is 20.2 Å². The summed E-state index contributed by atoms with van der Waals surface area (Å²) in [6.07, 6.45) is 1.40. The Morgan fingerprint density at radius 1 is 1.19 bits per heavy atom. The first-order valence-electron chi connectivity index (χ1n) is 7.78. The summed E-state index contributed by atoms with van der Waals surface area (Å²) in [6.45, 7) is 2.35. The van der Waals surface area contributed by atoms with Crippen molar-refractivity contribution in [2.24, 2.45) is 5.10 Å². The van der Waals surface area contributed by atoms with Crippen LogP contribution in [0.3, 0.4) is 0 Å². The highest BCUT2D eigenvalue weighted by Gasteiger charge is 2.20. The average molecular weight is 374 g/mol. The van der Waals surface area contributed by atoms with Crippen molar-refractivity contribution in [2.45, 2.75) is 6.92 Å². The number of non-ortho nitro benzene ring substituents is 1. The van der Waals surface area contributed by atoms with Gasteiger partial charge in [0.15, 0.2) is 11.5 Å². The minimum Gasteiger partial charge on any atom is -0.493 e. The molecule has 27 heavy (non-hydrogen) atoms. The molecule has 1 aliphatic heterocycles. The molecule has 0 saturated heterocycles. The smallest absolute Gasteiger partial charge is 0.301 e. The third kappa shape index (κ3) is 3.86. The van der Waals surface area contributed by atoms with Gasteiger partial charge in [-0.2, -0.15) is 5.10 Å². The summed E-state index contributed by atoms with van der Waals surface area (Å²) in [7, 11) is 0. The zero-order valence-electron chi connectivity index (χ0n) is 14.1. The standard InChI is InChI=1S/C16H14N4O7/c1-2-25-14-7-16-15(26-9-27-16)5-10(14)8-17-18-12-4-3-11(19(21)22)6-13(12)20(23)24/h3-8,18H,2,9H2,1H3/b17-8+. The third-order valence-electron chi connectivity index (χ3n) is 3.58. The predicted octanol–water partition coefficient (Wildman–Crippen LogP) is 3.08. The molecule has 11 nitrogen and oxygen atoms in total. The minimum atomic E-state index is -0.725. The number of benzene rings is 2. The molecule has 0 bridgehead atoms. The van der Waals surface area contributed by atoms with Crippen LogP contribution in [-0.2, 0) is 0 Å². The molecule has 0 radical (unpaired) electrons. The average Bonchev–Trinajstić information content (AvgIpc) is 3.09. The van der Waals surface area contributed by atoms with Crippen LogP contribution in [0.15, 0.2) is 35.4 Å². The van der Waals surface area contributed by atoms with E-state index >= 15 is 0 Å². The van der Waals surface area contributed by atoms with Crippen molar-refractivity contribution in [3.63, 3.8) is 0 Å². The molecule has 140 valence electrons. The molecule has 3 rings (SSSR count). The Morgan fingerprint density at radius 2 is 1.93 bits per heavy atom. The van der Waals surface area contributed by atoms with E-state index in [4.69, 9.17) is 14.2 Å². The molecule has 0 amide bonds. The summed E-state index contributed by atoms with van der Waals surface area (Å²) >= 11 is 0. The monoisotopic (exact) mass is 374 g/mol. The number of nitrogens with one attached hydrogen (secondary N) is 1. The maximum atomic E-state index is 11.1. The Balaban J connectivity index is 1.85. The van der Waals surface area contributed by atoms with E-state index < -0.39 is 15.5 Å². The second-order valence-electron chi connectivity index (χ2n) is 5.26. The molecule has 0 unspecified atom stereocenters. The Bertz CT molecular complexity index is 929.